The molecule has 0 saturated heterocycles. The van der Waals surface area contributed by atoms with E-state index in [0.717, 1.165) is 24.4 Å². The minimum atomic E-state index is 0.826. The molecule has 0 fully saturated rings. The average molecular weight is 279 g/mol. The van der Waals surface area contributed by atoms with E-state index in [1.807, 2.05) is 6.07 Å². The van der Waals surface area contributed by atoms with Crippen LogP contribution in [0.3, 0.4) is 0 Å². The molecule has 21 heavy (non-hydrogen) atoms. The molecule has 0 unspecified atom stereocenters. The van der Waals surface area contributed by atoms with Gasteiger partial charge in [0.15, 0.2) is 0 Å². The molecule has 0 aliphatic rings. The van der Waals surface area contributed by atoms with E-state index in [1.54, 1.807) is 0 Å². The molecule has 3 aromatic rings. The summed E-state index contributed by atoms with van der Waals surface area (Å²) in [7, 11) is 2.09. The molecule has 1 aromatic heterocycles. The maximum Gasteiger partial charge on any atom is 0.129 e. The molecule has 1 heterocycles. The van der Waals surface area contributed by atoms with Gasteiger partial charge < -0.3 is 9.47 Å². The highest BCUT2D eigenvalue weighted by molar-refractivity contribution is 5.75. The summed E-state index contributed by atoms with van der Waals surface area (Å²) >= 11 is 0. The van der Waals surface area contributed by atoms with E-state index in [4.69, 9.17) is 4.98 Å². The van der Waals surface area contributed by atoms with Crippen LogP contribution in [0, 0.1) is 6.92 Å². The molecule has 108 valence electrons. The second-order valence-corrected chi connectivity index (χ2v) is 5.38. The number of aryl methyl sites for hydroxylation is 2. The number of anilines is 1. The van der Waals surface area contributed by atoms with Gasteiger partial charge in [0.2, 0.25) is 0 Å². The smallest absolute Gasteiger partial charge is 0.129 e. The number of rotatable bonds is 4. The number of para-hydroxylation sites is 3. The van der Waals surface area contributed by atoms with Crippen molar-refractivity contribution in [2.75, 3.05) is 11.4 Å². The van der Waals surface area contributed by atoms with E-state index in [-0.39, 0.29) is 0 Å². The number of nitrogens with zero attached hydrogens (tertiary/aromatic N) is 3. The van der Waals surface area contributed by atoms with Crippen molar-refractivity contribution in [3.8, 4) is 0 Å². The van der Waals surface area contributed by atoms with E-state index >= 15 is 0 Å². The second kappa shape index (κ2) is 5.60. The van der Waals surface area contributed by atoms with Gasteiger partial charge in [0, 0.05) is 19.3 Å². The molecule has 0 saturated carbocycles. The highest BCUT2D eigenvalue weighted by Gasteiger charge is 2.12. The lowest BCUT2D eigenvalue weighted by molar-refractivity contribution is 0.739. The first-order valence-corrected chi connectivity index (χ1v) is 7.41. The van der Waals surface area contributed by atoms with Crippen LogP contribution in [0.25, 0.3) is 11.0 Å². The Morgan fingerprint density at radius 3 is 2.48 bits per heavy atom. The largest absolute Gasteiger partial charge is 0.364 e. The van der Waals surface area contributed by atoms with Crippen LogP contribution >= 0.6 is 0 Å². The third-order valence-corrected chi connectivity index (χ3v) is 4.05. The van der Waals surface area contributed by atoms with Gasteiger partial charge in [-0.3, -0.25) is 0 Å². The van der Waals surface area contributed by atoms with Gasteiger partial charge in [0.25, 0.3) is 0 Å². The fourth-order valence-corrected chi connectivity index (χ4v) is 2.79. The van der Waals surface area contributed by atoms with Gasteiger partial charge in [-0.2, -0.15) is 0 Å². The van der Waals surface area contributed by atoms with Gasteiger partial charge in [-0.05, 0) is 37.6 Å². The Morgan fingerprint density at radius 1 is 1.05 bits per heavy atom. The zero-order chi connectivity index (χ0) is 14.8. The number of hydrogen-bond donors (Lipinski definition) is 0. The van der Waals surface area contributed by atoms with Crippen molar-refractivity contribution >= 4 is 16.7 Å². The fraction of sp³-hybridized carbons (Fsp3) is 0.278. The van der Waals surface area contributed by atoms with Gasteiger partial charge in [-0.25, -0.2) is 4.98 Å². The number of imidazole rings is 1. The molecule has 3 rings (SSSR count). The summed E-state index contributed by atoms with van der Waals surface area (Å²) in [5.41, 5.74) is 4.84. The number of fused-ring (bicyclic) bond motifs is 1. The summed E-state index contributed by atoms with van der Waals surface area (Å²) in [5.74, 6) is 1.10. The first-order valence-electron chi connectivity index (χ1n) is 7.41. The average Bonchev–Trinajstić information content (AvgIpc) is 2.82. The third kappa shape index (κ3) is 2.51. The zero-order valence-corrected chi connectivity index (χ0v) is 12.9. The molecule has 0 aliphatic heterocycles. The molecule has 3 heteroatoms. The van der Waals surface area contributed by atoms with Crippen LogP contribution in [-0.2, 0) is 13.6 Å². The lowest BCUT2D eigenvalue weighted by Crippen LogP contribution is -2.24. The summed E-state index contributed by atoms with van der Waals surface area (Å²) in [6.45, 7) is 6.14. The number of hydrogen-bond acceptors (Lipinski definition) is 2. The van der Waals surface area contributed by atoms with Crippen LogP contribution < -0.4 is 4.90 Å². The van der Waals surface area contributed by atoms with E-state index in [2.05, 4.69) is 72.8 Å². The minimum absolute atomic E-state index is 0.826. The van der Waals surface area contributed by atoms with Gasteiger partial charge in [-0.1, -0.05) is 30.3 Å². The molecule has 0 bridgehead atoms. The normalized spacial score (nSPS) is 11.0. The van der Waals surface area contributed by atoms with Crippen molar-refractivity contribution in [3.05, 3.63) is 59.9 Å². The summed E-state index contributed by atoms with van der Waals surface area (Å²) in [6.07, 6.45) is 0. The zero-order valence-electron chi connectivity index (χ0n) is 12.9. The van der Waals surface area contributed by atoms with Crippen molar-refractivity contribution in [3.63, 3.8) is 0 Å². The molecular formula is C18H21N3. The third-order valence-electron chi connectivity index (χ3n) is 4.05. The van der Waals surface area contributed by atoms with Crippen molar-refractivity contribution in [1.29, 1.82) is 0 Å². The maximum absolute atomic E-state index is 4.78. The highest BCUT2D eigenvalue weighted by atomic mass is 15.2. The molecule has 2 aromatic carbocycles. The van der Waals surface area contributed by atoms with Gasteiger partial charge in [0.05, 0.1) is 17.6 Å². The summed E-state index contributed by atoms with van der Waals surface area (Å²) in [5, 5.41) is 0. The standard InChI is InChI=1S/C18H21N3/c1-4-21(16-11-7-5-9-14(16)2)13-18-19-15-10-6-8-12-17(15)20(18)3/h5-12H,4,13H2,1-3H3. The molecule has 0 N–H and O–H groups in total. The molecule has 0 aliphatic carbocycles. The van der Waals surface area contributed by atoms with Gasteiger partial charge in [-0.15, -0.1) is 0 Å². The summed E-state index contributed by atoms with van der Waals surface area (Å²) in [6, 6.07) is 16.8. The molecular weight excluding hydrogens is 258 g/mol. The van der Waals surface area contributed by atoms with Crippen LogP contribution in [0.4, 0.5) is 5.69 Å². The van der Waals surface area contributed by atoms with Gasteiger partial charge in [0.1, 0.15) is 5.82 Å². The maximum atomic E-state index is 4.78. The highest BCUT2D eigenvalue weighted by Crippen LogP contribution is 2.22. The number of aromatic nitrogens is 2. The van der Waals surface area contributed by atoms with Crippen molar-refractivity contribution in [2.24, 2.45) is 7.05 Å². The lowest BCUT2D eigenvalue weighted by Gasteiger charge is -2.24. The SMILES string of the molecule is CCN(Cc1nc2ccccc2n1C)c1ccccc1C. The fourth-order valence-electron chi connectivity index (χ4n) is 2.79. The van der Waals surface area contributed by atoms with Gasteiger partial charge >= 0.3 is 0 Å². The number of benzene rings is 2. The Bertz CT molecular complexity index is 758. The van der Waals surface area contributed by atoms with Crippen molar-refractivity contribution in [2.45, 2.75) is 20.4 Å². The molecule has 0 atom stereocenters. The van der Waals surface area contributed by atoms with Crippen molar-refractivity contribution in [1.82, 2.24) is 9.55 Å². The van der Waals surface area contributed by atoms with Crippen molar-refractivity contribution < 1.29 is 0 Å². The molecule has 0 amide bonds. The van der Waals surface area contributed by atoms with E-state index in [9.17, 15) is 0 Å². The quantitative estimate of drug-likeness (QED) is 0.722. The van der Waals surface area contributed by atoms with Crippen LogP contribution in [-0.4, -0.2) is 16.1 Å². The second-order valence-electron chi connectivity index (χ2n) is 5.38. The first-order chi connectivity index (χ1) is 10.2. The summed E-state index contributed by atoms with van der Waals surface area (Å²) < 4.78 is 2.19. The monoisotopic (exact) mass is 279 g/mol. The van der Waals surface area contributed by atoms with Crippen LogP contribution in [0.15, 0.2) is 48.5 Å². The van der Waals surface area contributed by atoms with E-state index in [1.165, 1.54) is 16.8 Å². The first kappa shape index (κ1) is 13.7. The van der Waals surface area contributed by atoms with E-state index < -0.39 is 0 Å². The van der Waals surface area contributed by atoms with Crippen LogP contribution in [0.1, 0.15) is 18.3 Å². The molecule has 0 spiro atoms. The lowest BCUT2D eigenvalue weighted by atomic mass is 10.2. The Kier molecular flexibility index (Phi) is 3.65. The van der Waals surface area contributed by atoms with E-state index in [0.29, 0.717) is 0 Å². The predicted octanol–water partition coefficient (Wildman–Crippen LogP) is 3.91. The molecule has 3 nitrogen and oxygen atoms in total. The predicted molar refractivity (Wildman–Crippen MR) is 88.6 cm³/mol. The Hall–Kier alpha value is -2.29. The molecule has 0 radical (unpaired) electrons. The topological polar surface area (TPSA) is 21.1 Å². The Morgan fingerprint density at radius 2 is 1.76 bits per heavy atom. The Balaban J connectivity index is 1.96. The minimum Gasteiger partial charge on any atom is -0.364 e. The Labute approximate surface area is 125 Å². The van der Waals surface area contributed by atoms with Crippen LogP contribution in [0.2, 0.25) is 0 Å². The summed E-state index contributed by atoms with van der Waals surface area (Å²) in [4.78, 5) is 7.15. The van der Waals surface area contributed by atoms with Crippen LogP contribution in [0.5, 0.6) is 0 Å².